The second-order valence-corrected chi connectivity index (χ2v) is 5.46. The molecule has 0 aliphatic carbocycles. The van der Waals surface area contributed by atoms with Crippen LogP contribution in [0.4, 0.5) is 14.5 Å². The van der Waals surface area contributed by atoms with E-state index in [-0.39, 0.29) is 5.69 Å². The molecule has 0 aliphatic heterocycles. The summed E-state index contributed by atoms with van der Waals surface area (Å²) >= 11 is 5.92. The average molecular weight is 370 g/mol. The van der Waals surface area contributed by atoms with Crippen molar-refractivity contribution in [1.29, 1.82) is 0 Å². The monoisotopic (exact) mass is 369 g/mol. The number of halogens is 3. The number of esters is 1. The van der Waals surface area contributed by atoms with Crippen molar-refractivity contribution in [3.8, 4) is 5.75 Å². The van der Waals surface area contributed by atoms with E-state index in [1.165, 1.54) is 0 Å². The number of hydrogen-bond donors (Lipinski definition) is 1. The van der Waals surface area contributed by atoms with E-state index < -0.39 is 36.7 Å². The molecule has 0 heterocycles. The molecular formula is C17H14ClF2NO4. The Hall–Kier alpha value is -2.67. The summed E-state index contributed by atoms with van der Waals surface area (Å²) in [6.07, 6.45) is 0. The van der Waals surface area contributed by atoms with Gasteiger partial charge in [0.1, 0.15) is 17.4 Å². The van der Waals surface area contributed by atoms with Crippen LogP contribution in [0.2, 0.25) is 5.02 Å². The minimum absolute atomic E-state index is 0.217. The highest BCUT2D eigenvalue weighted by molar-refractivity contribution is 6.32. The zero-order valence-corrected chi connectivity index (χ0v) is 13.9. The van der Waals surface area contributed by atoms with Crippen molar-refractivity contribution >= 4 is 29.2 Å². The van der Waals surface area contributed by atoms with E-state index in [9.17, 15) is 18.4 Å². The van der Waals surface area contributed by atoms with Gasteiger partial charge in [0.05, 0.1) is 10.7 Å². The minimum atomic E-state index is -0.933. The molecular weight excluding hydrogens is 356 g/mol. The molecule has 1 N–H and O–H groups in total. The van der Waals surface area contributed by atoms with Gasteiger partial charge >= 0.3 is 5.97 Å². The van der Waals surface area contributed by atoms with Gasteiger partial charge in [0.25, 0.3) is 5.91 Å². The van der Waals surface area contributed by atoms with Crippen LogP contribution in [0.15, 0.2) is 36.4 Å². The van der Waals surface area contributed by atoms with E-state index in [0.717, 1.165) is 17.7 Å². The molecule has 0 aromatic heterocycles. The molecule has 25 heavy (non-hydrogen) atoms. The zero-order chi connectivity index (χ0) is 18.4. The lowest BCUT2D eigenvalue weighted by atomic mass is 10.2. The van der Waals surface area contributed by atoms with Crippen molar-refractivity contribution in [1.82, 2.24) is 0 Å². The Kier molecular flexibility index (Phi) is 6.30. The first-order chi connectivity index (χ1) is 11.8. The van der Waals surface area contributed by atoms with Crippen LogP contribution in [0.25, 0.3) is 0 Å². The Bertz CT molecular complexity index is 798. The Labute approximate surface area is 147 Å². The van der Waals surface area contributed by atoms with Crippen LogP contribution in [0.1, 0.15) is 5.56 Å². The highest BCUT2D eigenvalue weighted by Gasteiger charge is 2.12. The molecule has 0 unspecified atom stereocenters. The topological polar surface area (TPSA) is 64.6 Å². The van der Waals surface area contributed by atoms with E-state index >= 15 is 0 Å². The van der Waals surface area contributed by atoms with Crippen LogP contribution in [-0.2, 0) is 14.3 Å². The largest absolute Gasteiger partial charge is 0.480 e. The number of anilines is 1. The maximum atomic E-state index is 13.4. The molecule has 0 fully saturated rings. The predicted octanol–water partition coefficient (Wildman–Crippen LogP) is 3.49. The highest BCUT2D eigenvalue weighted by Crippen LogP contribution is 2.25. The molecule has 8 heteroatoms. The second-order valence-electron chi connectivity index (χ2n) is 5.06. The third kappa shape index (κ3) is 5.72. The van der Waals surface area contributed by atoms with E-state index in [4.69, 9.17) is 21.1 Å². The van der Waals surface area contributed by atoms with Gasteiger partial charge in [-0.15, -0.1) is 0 Å². The number of nitrogens with one attached hydrogen (secondary N) is 1. The number of carbonyl (C=O) groups is 2. The molecule has 0 spiro atoms. The maximum Gasteiger partial charge on any atom is 0.344 e. The van der Waals surface area contributed by atoms with Crippen molar-refractivity contribution in [3.05, 3.63) is 58.6 Å². The van der Waals surface area contributed by atoms with Crippen LogP contribution in [0.3, 0.4) is 0 Å². The third-order valence-corrected chi connectivity index (χ3v) is 3.31. The Morgan fingerprint density at radius 3 is 2.60 bits per heavy atom. The number of aryl methyl sites for hydroxylation is 1. The van der Waals surface area contributed by atoms with Gasteiger partial charge in [0.2, 0.25) is 0 Å². The van der Waals surface area contributed by atoms with Crippen LogP contribution in [-0.4, -0.2) is 25.1 Å². The number of amides is 1. The molecule has 0 aliphatic rings. The molecule has 0 atom stereocenters. The van der Waals surface area contributed by atoms with Gasteiger partial charge in [-0.3, -0.25) is 4.79 Å². The molecule has 0 radical (unpaired) electrons. The lowest BCUT2D eigenvalue weighted by molar-refractivity contribution is -0.149. The summed E-state index contributed by atoms with van der Waals surface area (Å²) in [6.45, 7) is 0.752. The van der Waals surface area contributed by atoms with E-state index in [0.29, 0.717) is 16.8 Å². The van der Waals surface area contributed by atoms with Crippen LogP contribution >= 0.6 is 11.6 Å². The highest BCUT2D eigenvalue weighted by atomic mass is 35.5. The van der Waals surface area contributed by atoms with E-state index in [2.05, 4.69) is 5.32 Å². The number of ether oxygens (including phenoxy) is 2. The summed E-state index contributed by atoms with van der Waals surface area (Å²) in [4.78, 5) is 23.2. The predicted molar refractivity (Wildman–Crippen MR) is 87.6 cm³/mol. The molecule has 132 valence electrons. The lowest BCUT2D eigenvalue weighted by Gasteiger charge is -2.09. The van der Waals surface area contributed by atoms with Gasteiger partial charge < -0.3 is 14.8 Å². The van der Waals surface area contributed by atoms with Crippen molar-refractivity contribution < 1.29 is 27.8 Å². The van der Waals surface area contributed by atoms with Crippen molar-refractivity contribution in [3.63, 3.8) is 0 Å². The number of benzene rings is 2. The molecule has 2 aromatic carbocycles. The Balaban J connectivity index is 1.79. The van der Waals surface area contributed by atoms with Crippen molar-refractivity contribution in [2.45, 2.75) is 6.92 Å². The fourth-order valence-corrected chi connectivity index (χ4v) is 1.99. The molecule has 0 saturated carbocycles. The molecule has 0 bridgehead atoms. The summed E-state index contributed by atoms with van der Waals surface area (Å²) in [6, 6.07) is 7.74. The van der Waals surface area contributed by atoms with Crippen LogP contribution in [0, 0.1) is 18.6 Å². The van der Waals surface area contributed by atoms with Gasteiger partial charge in [-0.2, -0.15) is 0 Å². The number of hydrogen-bond acceptors (Lipinski definition) is 4. The van der Waals surface area contributed by atoms with Crippen molar-refractivity contribution in [2.24, 2.45) is 0 Å². The van der Waals surface area contributed by atoms with Crippen LogP contribution < -0.4 is 10.1 Å². The SMILES string of the molecule is Cc1ccc(Cl)c(OCC(=O)OCC(=O)Nc2ccc(F)cc2F)c1. The fraction of sp³-hybridized carbons (Fsp3) is 0.176. The van der Waals surface area contributed by atoms with Gasteiger partial charge in [0, 0.05) is 6.07 Å². The summed E-state index contributed by atoms with van der Waals surface area (Å²) in [7, 11) is 0. The average Bonchev–Trinajstić information content (AvgIpc) is 2.56. The van der Waals surface area contributed by atoms with Gasteiger partial charge in [-0.1, -0.05) is 17.7 Å². The molecule has 5 nitrogen and oxygen atoms in total. The summed E-state index contributed by atoms with van der Waals surface area (Å²) in [5, 5.41) is 2.50. The smallest absolute Gasteiger partial charge is 0.344 e. The fourth-order valence-electron chi connectivity index (χ4n) is 1.82. The third-order valence-electron chi connectivity index (χ3n) is 3.00. The summed E-state index contributed by atoms with van der Waals surface area (Å²) in [5.74, 6) is -2.96. The first-order valence-corrected chi connectivity index (χ1v) is 7.52. The van der Waals surface area contributed by atoms with Gasteiger partial charge in [-0.05, 0) is 36.8 Å². The van der Waals surface area contributed by atoms with Gasteiger partial charge in [0.15, 0.2) is 13.2 Å². The first-order valence-electron chi connectivity index (χ1n) is 7.14. The maximum absolute atomic E-state index is 13.4. The Morgan fingerprint density at radius 1 is 1.12 bits per heavy atom. The number of carbonyl (C=O) groups excluding carboxylic acids is 2. The number of rotatable bonds is 6. The quantitative estimate of drug-likeness (QED) is 0.792. The first kappa shape index (κ1) is 18.7. The van der Waals surface area contributed by atoms with Gasteiger partial charge in [-0.25, -0.2) is 13.6 Å². The second kappa shape index (κ2) is 8.43. The molecule has 0 saturated heterocycles. The van der Waals surface area contributed by atoms with Crippen molar-refractivity contribution in [2.75, 3.05) is 18.5 Å². The molecule has 2 aromatic rings. The normalized spacial score (nSPS) is 10.2. The molecule has 1 amide bonds. The lowest BCUT2D eigenvalue weighted by Crippen LogP contribution is -2.24. The van der Waals surface area contributed by atoms with E-state index in [1.54, 1.807) is 18.2 Å². The van der Waals surface area contributed by atoms with Crippen LogP contribution in [0.5, 0.6) is 5.75 Å². The van der Waals surface area contributed by atoms with E-state index in [1.807, 2.05) is 6.92 Å². The standard InChI is InChI=1S/C17H14ClF2NO4/c1-10-2-4-12(18)15(6-10)24-9-17(23)25-8-16(22)21-14-5-3-11(19)7-13(14)20/h2-7H,8-9H2,1H3,(H,21,22). The Morgan fingerprint density at radius 2 is 1.88 bits per heavy atom. The summed E-state index contributed by atoms with van der Waals surface area (Å²) in [5.41, 5.74) is 0.679. The molecule has 2 rings (SSSR count). The minimum Gasteiger partial charge on any atom is -0.480 e. The summed E-state index contributed by atoms with van der Waals surface area (Å²) < 4.78 is 36.1. The zero-order valence-electron chi connectivity index (χ0n) is 13.1.